The lowest BCUT2D eigenvalue weighted by Gasteiger charge is -2.32. The lowest BCUT2D eigenvalue weighted by Crippen LogP contribution is -2.39. The summed E-state index contributed by atoms with van der Waals surface area (Å²) in [7, 11) is 0. The molecule has 0 radical (unpaired) electrons. The highest BCUT2D eigenvalue weighted by Gasteiger charge is 2.26. The first-order valence-corrected chi connectivity index (χ1v) is 7.95. The van der Waals surface area contributed by atoms with Gasteiger partial charge in [0.25, 0.3) is 5.95 Å². The average Bonchev–Trinajstić information content (AvgIpc) is 3.00. The van der Waals surface area contributed by atoms with E-state index >= 15 is 0 Å². The second kappa shape index (κ2) is 6.44. The molecule has 0 amide bonds. The van der Waals surface area contributed by atoms with Crippen LogP contribution in [0.15, 0.2) is 22.7 Å². The number of benzene rings is 1. The van der Waals surface area contributed by atoms with Crippen molar-refractivity contribution in [2.75, 3.05) is 24.6 Å². The molecule has 2 aromatic rings. The van der Waals surface area contributed by atoms with Crippen molar-refractivity contribution in [2.24, 2.45) is 0 Å². The highest BCUT2D eigenvalue weighted by atomic mass is 35.5. The maximum Gasteiger partial charge on any atom is 0.266 e. The molecule has 1 atom stereocenters. The molecular weight excluding hydrogens is 325 g/mol. The summed E-state index contributed by atoms with van der Waals surface area (Å²) in [5, 5.41) is 5.13. The van der Waals surface area contributed by atoms with Gasteiger partial charge in [-0.15, -0.1) is 0 Å². The fourth-order valence-electron chi connectivity index (χ4n) is 2.34. The standard InChI is InChI=1S/C15H17Cl2N3O2/c1-9(2)14-18-15(19-22-14)20-5-6-21-13(8-20)10-3-4-11(16)12(17)7-10/h3-4,7,9,13H,5-6,8H2,1-2H3. The quantitative estimate of drug-likeness (QED) is 0.841. The minimum Gasteiger partial charge on any atom is -0.370 e. The maximum atomic E-state index is 6.08. The van der Waals surface area contributed by atoms with E-state index in [0.29, 0.717) is 35.0 Å². The van der Waals surface area contributed by atoms with Crippen molar-refractivity contribution >= 4 is 29.2 Å². The zero-order valence-corrected chi connectivity index (χ0v) is 13.9. The fourth-order valence-corrected chi connectivity index (χ4v) is 2.64. The van der Waals surface area contributed by atoms with E-state index in [-0.39, 0.29) is 12.0 Å². The van der Waals surface area contributed by atoms with Crippen LogP contribution in [0.5, 0.6) is 0 Å². The van der Waals surface area contributed by atoms with Gasteiger partial charge < -0.3 is 14.2 Å². The van der Waals surface area contributed by atoms with Gasteiger partial charge in [-0.3, -0.25) is 0 Å². The molecular formula is C15H17Cl2N3O2. The highest BCUT2D eigenvalue weighted by Crippen LogP contribution is 2.30. The molecule has 1 aromatic heterocycles. The van der Waals surface area contributed by atoms with Gasteiger partial charge in [0.15, 0.2) is 0 Å². The highest BCUT2D eigenvalue weighted by molar-refractivity contribution is 6.42. The van der Waals surface area contributed by atoms with Crippen molar-refractivity contribution < 1.29 is 9.26 Å². The molecule has 0 spiro atoms. The van der Waals surface area contributed by atoms with Crippen LogP contribution in [0, 0.1) is 0 Å². The summed E-state index contributed by atoms with van der Waals surface area (Å²) < 4.78 is 11.1. The third-order valence-corrected chi connectivity index (χ3v) is 4.33. The van der Waals surface area contributed by atoms with Gasteiger partial charge in [-0.1, -0.05) is 43.1 Å². The largest absolute Gasteiger partial charge is 0.370 e. The third-order valence-electron chi connectivity index (χ3n) is 3.59. The van der Waals surface area contributed by atoms with Crippen LogP contribution in [-0.2, 0) is 4.74 Å². The summed E-state index contributed by atoms with van der Waals surface area (Å²) in [5.74, 6) is 1.47. The lowest BCUT2D eigenvalue weighted by molar-refractivity contribution is 0.0391. The number of morpholine rings is 1. The molecule has 1 aliphatic heterocycles. The first kappa shape index (κ1) is 15.6. The molecule has 1 aromatic carbocycles. The summed E-state index contributed by atoms with van der Waals surface area (Å²) in [6.45, 7) is 6.02. The predicted octanol–water partition coefficient (Wildman–Crippen LogP) is 4.08. The van der Waals surface area contributed by atoms with Crippen LogP contribution >= 0.6 is 23.2 Å². The van der Waals surface area contributed by atoms with E-state index < -0.39 is 0 Å². The van der Waals surface area contributed by atoms with Crippen molar-refractivity contribution in [3.8, 4) is 0 Å². The molecule has 1 saturated heterocycles. The normalized spacial score (nSPS) is 19.0. The fraction of sp³-hybridized carbons (Fsp3) is 0.467. The Kier molecular flexibility index (Phi) is 4.57. The molecule has 2 heterocycles. The third kappa shape index (κ3) is 3.21. The summed E-state index contributed by atoms with van der Waals surface area (Å²) in [4.78, 5) is 6.50. The number of halogens is 2. The zero-order chi connectivity index (χ0) is 15.7. The van der Waals surface area contributed by atoms with Gasteiger partial charge in [-0.05, 0) is 22.9 Å². The number of aromatic nitrogens is 2. The average molecular weight is 342 g/mol. The molecule has 118 valence electrons. The van der Waals surface area contributed by atoms with E-state index in [9.17, 15) is 0 Å². The van der Waals surface area contributed by atoms with E-state index in [1.165, 1.54) is 0 Å². The Bertz CT molecular complexity index is 660. The van der Waals surface area contributed by atoms with Crippen molar-refractivity contribution in [3.05, 3.63) is 39.7 Å². The Morgan fingerprint density at radius 2 is 2.09 bits per heavy atom. The van der Waals surface area contributed by atoms with Crippen LogP contribution in [0.25, 0.3) is 0 Å². The minimum atomic E-state index is -0.0930. The SMILES string of the molecule is CC(C)c1nc(N2CCOC(c3ccc(Cl)c(Cl)c3)C2)no1. The molecule has 0 saturated carbocycles. The van der Waals surface area contributed by atoms with Crippen molar-refractivity contribution in [2.45, 2.75) is 25.9 Å². The smallest absolute Gasteiger partial charge is 0.266 e. The first-order valence-electron chi connectivity index (χ1n) is 7.19. The molecule has 3 rings (SSSR count). The molecule has 1 unspecified atom stereocenters. The second-order valence-electron chi connectivity index (χ2n) is 5.57. The second-order valence-corrected chi connectivity index (χ2v) is 6.38. The Labute approximate surface area is 139 Å². The Hall–Kier alpha value is -1.30. The van der Waals surface area contributed by atoms with E-state index in [2.05, 4.69) is 15.0 Å². The number of anilines is 1. The van der Waals surface area contributed by atoms with E-state index in [4.69, 9.17) is 32.5 Å². The number of nitrogens with zero attached hydrogens (tertiary/aromatic N) is 3. The van der Waals surface area contributed by atoms with Crippen LogP contribution in [0.2, 0.25) is 10.0 Å². The van der Waals surface area contributed by atoms with Gasteiger partial charge in [0.05, 0.1) is 23.2 Å². The first-order chi connectivity index (χ1) is 10.5. The number of rotatable bonds is 3. The van der Waals surface area contributed by atoms with E-state index in [1.807, 2.05) is 26.0 Å². The summed E-state index contributed by atoms with van der Waals surface area (Å²) in [5.41, 5.74) is 0.992. The van der Waals surface area contributed by atoms with Crippen molar-refractivity contribution in [1.82, 2.24) is 10.1 Å². The van der Waals surface area contributed by atoms with Gasteiger partial charge in [-0.2, -0.15) is 4.98 Å². The Morgan fingerprint density at radius 3 is 2.77 bits per heavy atom. The summed E-state index contributed by atoms with van der Waals surface area (Å²) in [6, 6.07) is 5.55. The molecule has 0 aliphatic carbocycles. The van der Waals surface area contributed by atoms with Crippen LogP contribution in [0.3, 0.4) is 0 Å². The maximum absolute atomic E-state index is 6.08. The van der Waals surface area contributed by atoms with Crippen LogP contribution < -0.4 is 4.90 Å². The Morgan fingerprint density at radius 1 is 1.27 bits per heavy atom. The summed E-state index contributed by atoms with van der Waals surface area (Å²) >= 11 is 12.0. The van der Waals surface area contributed by atoms with Crippen LogP contribution in [0.4, 0.5) is 5.95 Å². The predicted molar refractivity (Wildman–Crippen MR) is 85.8 cm³/mol. The molecule has 1 fully saturated rings. The molecule has 0 bridgehead atoms. The van der Waals surface area contributed by atoms with E-state index in [0.717, 1.165) is 12.1 Å². The van der Waals surface area contributed by atoms with Crippen LogP contribution in [0.1, 0.15) is 37.3 Å². The van der Waals surface area contributed by atoms with Crippen molar-refractivity contribution in [1.29, 1.82) is 0 Å². The molecule has 5 nitrogen and oxygen atoms in total. The number of ether oxygens (including phenoxy) is 1. The Balaban J connectivity index is 1.77. The summed E-state index contributed by atoms with van der Waals surface area (Å²) in [6.07, 6.45) is -0.0930. The zero-order valence-electron chi connectivity index (χ0n) is 12.4. The van der Waals surface area contributed by atoms with Gasteiger partial charge in [0.1, 0.15) is 6.10 Å². The molecule has 22 heavy (non-hydrogen) atoms. The van der Waals surface area contributed by atoms with Gasteiger partial charge >= 0.3 is 0 Å². The topological polar surface area (TPSA) is 51.4 Å². The number of hydrogen-bond donors (Lipinski definition) is 0. The van der Waals surface area contributed by atoms with Gasteiger partial charge in [-0.25, -0.2) is 0 Å². The van der Waals surface area contributed by atoms with Gasteiger partial charge in [0.2, 0.25) is 5.89 Å². The molecule has 7 heteroatoms. The van der Waals surface area contributed by atoms with E-state index in [1.54, 1.807) is 6.07 Å². The lowest BCUT2D eigenvalue weighted by atomic mass is 10.1. The minimum absolute atomic E-state index is 0.0930. The molecule has 0 N–H and O–H groups in total. The van der Waals surface area contributed by atoms with Crippen molar-refractivity contribution in [3.63, 3.8) is 0 Å². The number of hydrogen-bond acceptors (Lipinski definition) is 5. The molecule has 1 aliphatic rings. The monoisotopic (exact) mass is 341 g/mol. The van der Waals surface area contributed by atoms with Crippen LogP contribution in [-0.4, -0.2) is 29.8 Å². The van der Waals surface area contributed by atoms with Gasteiger partial charge in [0, 0.05) is 12.5 Å².